The lowest BCUT2D eigenvalue weighted by Crippen LogP contribution is -2.22. The zero-order valence-corrected chi connectivity index (χ0v) is 12.1. The molecule has 0 unspecified atom stereocenters. The number of furan rings is 1. The SMILES string of the molecule is O=C(NCc1ccncc1)c1cc2c(Br)cccc2o1. The maximum atomic E-state index is 12.1. The second kappa shape index (κ2) is 5.46. The third-order valence-electron chi connectivity index (χ3n) is 2.93. The van der Waals surface area contributed by atoms with Crippen LogP contribution >= 0.6 is 15.9 Å². The van der Waals surface area contributed by atoms with E-state index in [1.165, 1.54) is 0 Å². The lowest BCUT2D eigenvalue weighted by Gasteiger charge is -2.02. The van der Waals surface area contributed by atoms with Crippen LogP contribution in [0, 0.1) is 0 Å². The molecule has 100 valence electrons. The van der Waals surface area contributed by atoms with E-state index < -0.39 is 0 Å². The van der Waals surface area contributed by atoms with Crippen molar-refractivity contribution < 1.29 is 9.21 Å². The van der Waals surface area contributed by atoms with Crippen LogP contribution < -0.4 is 5.32 Å². The fraction of sp³-hybridized carbons (Fsp3) is 0.0667. The van der Waals surface area contributed by atoms with Gasteiger partial charge in [0, 0.05) is 28.8 Å². The largest absolute Gasteiger partial charge is 0.451 e. The maximum absolute atomic E-state index is 12.1. The highest BCUT2D eigenvalue weighted by molar-refractivity contribution is 9.10. The van der Waals surface area contributed by atoms with Crippen molar-refractivity contribution in [1.82, 2.24) is 10.3 Å². The van der Waals surface area contributed by atoms with Gasteiger partial charge in [0.25, 0.3) is 5.91 Å². The van der Waals surface area contributed by atoms with Crippen LogP contribution in [-0.4, -0.2) is 10.9 Å². The zero-order valence-electron chi connectivity index (χ0n) is 10.5. The van der Waals surface area contributed by atoms with Crippen LogP contribution in [0.4, 0.5) is 0 Å². The van der Waals surface area contributed by atoms with Gasteiger partial charge in [-0.3, -0.25) is 9.78 Å². The molecule has 1 aromatic carbocycles. The smallest absolute Gasteiger partial charge is 0.287 e. The molecule has 0 atom stereocenters. The lowest BCUT2D eigenvalue weighted by atomic mass is 10.2. The van der Waals surface area contributed by atoms with Gasteiger partial charge in [0.05, 0.1) is 0 Å². The van der Waals surface area contributed by atoms with Gasteiger partial charge in [-0.25, -0.2) is 0 Å². The Morgan fingerprint density at radius 2 is 2.05 bits per heavy atom. The Bertz CT molecular complexity index is 753. The first-order valence-corrected chi connectivity index (χ1v) is 6.88. The zero-order chi connectivity index (χ0) is 13.9. The van der Waals surface area contributed by atoms with E-state index in [1.54, 1.807) is 18.5 Å². The number of hydrogen-bond donors (Lipinski definition) is 1. The summed E-state index contributed by atoms with van der Waals surface area (Å²) in [5, 5.41) is 3.71. The molecule has 0 fully saturated rings. The van der Waals surface area contributed by atoms with Crippen molar-refractivity contribution in [3.05, 3.63) is 64.6 Å². The Morgan fingerprint density at radius 1 is 1.25 bits per heavy atom. The summed E-state index contributed by atoms with van der Waals surface area (Å²) >= 11 is 3.44. The Hall–Kier alpha value is -2.14. The number of carbonyl (C=O) groups excluding carboxylic acids is 1. The molecular formula is C15H11BrN2O2. The van der Waals surface area contributed by atoms with Crippen LogP contribution in [0.5, 0.6) is 0 Å². The predicted octanol–water partition coefficient (Wildman–Crippen LogP) is 3.52. The number of fused-ring (bicyclic) bond motifs is 1. The summed E-state index contributed by atoms with van der Waals surface area (Å²) in [4.78, 5) is 16.0. The van der Waals surface area contributed by atoms with E-state index in [0.717, 1.165) is 15.4 Å². The number of carbonyl (C=O) groups is 1. The molecule has 0 aliphatic rings. The van der Waals surface area contributed by atoms with Gasteiger partial charge in [-0.05, 0) is 35.9 Å². The minimum Gasteiger partial charge on any atom is -0.451 e. The average molecular weight is 331 g/mol. The number of benzene rings is 1. The molecule has 2 heterocycles. The van der Waals surface area contributed by atoms with Crippen LogP contribution in [0.25, 0.3) is 11.0 Å². The van der Waals surface area contributed by atoms with Gasteiger partial charge in [0.2, 0.25) is 0 Å². The van der Waals surface area contributed by atoms with Crippen molar-refractivity contribution in [2.75, 3.05) is 0 Å². The molecule has 3 rings (SSSR count). The minimum atomic E-state index is -0.232. The van der Waals surface area contributed by atoms with E-state index in [2.05, 4.69) is 26.2 Å². The molecule has 0 saturated heterocycles. The van der Waals surface area contributed by atoms with Crippen LogP contribution in [0.3, 0.4) is 0 Å². The molecule has 5 heteroatoms. The standard InChI is InChI=1S/C15H11BrN2O2/c16-12-2-1-3-13-11(12)8-14(20-13)15(19)18-9-10-4-6-17-7-5-10/h1-8H,9H2,(H,18,19). The molecule has 20 heavy (non-hydrogen) atoms. The Balaban J connectivity index is 1.77. The normalized spacial score (nSPS) is 10.7. The van der Waals surface area contributed by atoms with Crippen molar-refractivity contribution in [2.45, 2.75) is 6.54 Å². The highest BCUT2D eigenvalue weighted by Gasteiger charge is 2.13. The Morgan fingerprint density at radius 3 is 2.80 bits per heavy atom. The average Bonchev–Trinajstić information content (AvgIpc) is 2.91. The number of aromatic nitrogens is 1. The minimum absolute atomic E-state index is 0.232. The fourth-order valence-corrected chi connectivity index (χ4v) is 2.37. The van der Waals surface area contributed by atoms with E-state index >= 15 is 0 Å². The Kier molecular flexibility index (Phi) is 3.52. The highest BCUT2D eigenvalue weighted by atomic mass is 79.9. The summed E-state index contributed by atoms with van der Waals surface area (Å²) in [5.41, 5.74) is 1.68. The summed E-state index contributed by atoms with van der Waals surface area (Å²) < 4.78 is 6.45. The number of halogens is 1. The molecule has 0 aliphatic carbocycles. The molecular weight excluding hydrogens is 320 g/mol. The van der Waals surface area contributed by atoms with Gasteiger partial charge in [-0.1, -0.05) is 22.0 Å². The second-order valence-corrected chi connectivity index (χ2v) is 5.15. The first-order valence-electron chi connectivity index (χ1n) is 6.09. The third-order valence-corrected chi connectivity index (χ3v) is 3.63. The lowest BCUT2D eigenvalue weighted by molar-refractivity contribution is 0.0925. The van der Waals surface area contributed by atoms with E-state index in [-0.39, 0.29) is 5.91 Å². The first-order chi connectivity index (χ1) is 9.74. The van der Waals surface area contributed by atoms with E-state index in [9.17, 15) is 4.79 Å². The molecule has 1 N–H and O–H groups in total. The number of nitrogens with zero attached hydrogens (tertiary/aromatic N) is 1. The summed E-state index contributed by atoms with van der Waals surface area (Å²) in [6, 6.07) is 11.1. The second-order valence-electron chi connectivity index (χ2n) is 4.30. The van der Waals surface area contributed by atoms with Crippen molar-refractivity contribution in [3.8, 4) is 0 Å². The summed E-state index contributed by atoms with van der Waals surface area (Å²) in [5.74, 6) is 0.0749. The summed E-state index contributed by atoms with van der Waals surface area (Å²) in [7, 11) is 0. The van der Waals surface area contributed by atoms with Crippen molar-refractivity contribution in [3.63, 3.8) is 0 Å². The van der Waals surface area contributed by atoms with Crippen LogP contribution in [0.15, 0.2) is 57.7 Å². The highest BCUT2D eigenvalue weighted by Crippen LogP contribution is 2.26. The van der Waals surface area contributed by atoms with Gasteiger partial charge in [-0.15, -0.1) is 0 Å². The quantitative estimate of drug-likeness (QED) is 0.799. The molecule has 0 spiro atoms. The van der Waals surface area contributed by atoms with Gasteiger partial charge in [-0.2, -0.15) is 0 Å². The molecule has 1 amide bonds. The van der Waals surface area contributed by atoms with Gasteiger partial charge >= 0.3 is 0 Å². The Labute approximate surface area is 123 Å². The predicted molar refractivity (Wildman–Crippen MR) is 79.3 cm³/mol. The number of nitrogens with one attached hydrogen (secondary N) is 1. The van der Waals surface area contributed by atoms with Crippen molar-refractivity contribution in [2.24, 2.45) is 0 Å². The van der Waals surface area contributed by atoms with Crippen LogP contribution in [0.2, 0.25) is 0 Å². The monoisotopic (exact) mass is 330 g/mol. The van der Waals surface area contributed by atoms with Crippen molar-refractivity contribution >= 4 is 32.8 Å². The molecule has 0 radical (unpaired) electrons. The number of rotatable bonds is 3. The fourth-order valence-electron chi connectivity index (χ4n) is 1.91. The topological polar surface area (TPSA) is 55.1 Å². The number of pyridine rings is 1. The molecule has 3 aromatic rings. The molecule has 0 aliphatic heterocycles. The van der Waals surface area contributed by atoms with Crippen LogP contribution in [-0.2, 0) is 6.54 Å². The van der Waals surface area contributed by atoms with Gasteiger partial charge < -0.3 is 9.73 Å². The number of hydrogen-bond acceptors (Lipinski definition) is 3. The van der Waals surface area contributed by atoms with E-state index in [4.69, 9.17) is 4.42 Å². The first kappa shape index (κ1) is 12.9. The van der Waals surface area contributed by atoms with Crippen LogP contribution in [0.1, 0.15) is 16.1 Å². The van der Waals surface area contributed by atoms with Crippen molar-refractivity contribution in [1.29, 1.82) is 0 Å². The number of amides is 1. The third kappa shape index (κ3) is 2.58. The maximum Gasteiger partial charge on any atom is 0.287 e. The summed E-state index contributed by atoms with van der Waals surface area (Å²) in [6.07, 6.45) is 3.39. The molecule has 0 saturated carbocycles. The summed E-state index contributed by atoms with van der Waals surface area (Å²) in [6.45, 7) is 0.444. The molecule has 4 nitrogen and oxygen atoms in total. The molecule has 0 bridgehead atoms. The van der Waals surface area contributed by atoms with Gasteiger partial charge in [0.1, 0.15) is 5.58 Å². The molecule has 2 aromatic heterocycles. The van der Waals surface area contributed by atoms with Gasteiger partial charge in [0.15, 0.2) is 5.76 Å². The van der Waals surface area contributed by atoms with E-state index in [1.807, 2.05) is 30.3 Å². The van der Waals surface area contributed by atoms with E-state index in [0.29, 0.717) is 17.9 Å².